The Kier molecular flexibility index (Phi) is 5.48. The van der Waals surface area contributed by atoms with Crippen LogP contribution in [-0.2, 0) is 6.61 Å². The van der Waals surface area contributed by atoms with Crippen molar-refractivity contribution in [3.8, 4) is 5.75 Å². The van der Waals surface area contributed by atoms with Gasteiger partial charge in [-0.15, -0.1) is 10.2 Å². The number of ether oxygens (including phenoxy) is 1. The zero-order valence-corrected chi connectivity index (χ0v) is 18.5. The highest BCUT2D eigenvalue weighted by Crippen LogP contribution is 2.29. The van der Waals surface area contributed by atoms with E-state index in [-0.39, 0.29) is 12.5 Å². The van der Waals surface area contributed by atoms with Crippen molar-refractivity contribution in [1.82, 2.24) is 14.9 Å². The number of amides is 1. The van der Waals surface area contributed by atoms with Gasteiger partial charge in [0.05, 0.1) is 11.6 Å². The summed E-state index contributed by atoms with van der Waals surface area (Å²) in [6.07, 6.45) is 0. The molecule has 0 fully saturated rings. The number of nitrogens with zero attached hydrogens (tertiary/aromatic N) is 4. The Morgan fingerprint density at radius 2 is 1.87 bits per heavy atom. The van der Waals surface area contributed by atoms with Crippen LogP contribution in [0.25, 0.3) is 10.8 Å². The van der Waals surface area contributed by atoms with E-state index in [0.717, 1.165) is 16.5 Å². The second-order valence-corrected chi connectivity index (χ2v) is 8.82. The SMILES string of the molecule is O=C(c1ccc2ccccc2c1)N1CCSc2nnc(COc3ccc(Cl)cc3Cl)n21. The average Bonchev–Trinajstić information content (AvgIpc) is 3.21. The molecule has 0 saturated heterocycles. The van der Waals surface area contributed by atoms with E-state index in [1.54, 1.807) is 39.6 Å². The highest BCUT2D eigenvalue weighted by molar-refractivity contribution is 7.99. The molecule has 1 aliphatic rings. The van der Waals surface area contributed by atoms with Gasteiger partial charge in [0, 0.05) is 16.3 Å². The van der Waals surface area contributed by atoms with Crippen LogP contribution in [0.5, 0.6) is 5.75 Å². The minimum atomic E-state index is -0.113. The number of halogens is 2. The third kappa shape index (κ3) is 3.96. The molecule has 0 unspecified atom stereocenters. The number of aromatic nitrogens is 3. The standard InChI is InChI=1S/C22H16Cl2N4O2S/c23-17-7-8-19(18(24)12-17)30-13-20-25-26-22-28(20)27(9-10-31-22)21(29)16-6-5-14-3-1-2-4-15(14)11-16/h1-8,11-12H,9-10,13H2. The predicted octanol–water partition coefficient (Wildman–Crippen LogP) is 5.20. The van der Waals surface area contributed by atoms with Crippen molar-refractivity contribution in [2.75, 3.05) is 17.3 Å². The van der Waals surface area contributed by atoms with Crippen LogP contribution in [0.3, 0.4) is 0 Å². The minimum Gasteiger partial charge on any atom is -0.484 e. The number of carbonyl (C=O) groups is 1. The Morgan fingerprint density at radius 3 is 2.71 bits per heavy atom. The van der Waals surface area contributed by atoms with Crippen LogP contribution in [0, 0.1) is 0 Å². The lowest BCUT2D eigenvalue weighted by Gasteiger charge is -2.29. The third-order valence-corrected chi connectivity index (χ3v) is 6.36. The smallest absolute Gasteiger partial charge is 0.272 e. The monoisotopic (exact) mass is 470 g/mol. The molecular weight excluding hydrogens is 455 g/mol. The van der Waals surface area contributed by atoms with E-state index in [2.05, 4.69) is 10.2 Å². The van der Waals surface area contributed by atoms with E-state index < -0.39 is 0 Å². The Balaban J connectivity index is 1.43. The average molecular weight is 471 g/mol. The zero-order valence-electron chi connectivity index (χ0n) is 16.2. The summed E-state index contributed by atoms with van der Waals surface area (Å²) in [5, 5.41) is 13.8. The fraction of sp³-hybridized carbons (Fsp3) is 0.136. The molecule has 0 atom stereocenters. The van der Waals surface area contributed by atoms with Gasteiger partial charge in [0.2, 0.25) is 5.16 Å². The molecule has 0 saturated carbocycles. The maximum atomic E-state index is 13.4. The fourth-order valence-electron chi connectivity index (χ4n) is 3.44. The van der Waals surface area contributed by atoms with Crippen LogP contribution in [0.15, 0.2) is 65.8 Å². The summed E-state index contributed by atoms with van der Waals surface area (Å²) >= 11 is 13.7. The molecule has 0 spiro atoms. The van der Waals surface area contributed by atoms with Crippen molar-refractivity contribution in [3.63, 3.8) is 0 Å². The molecule has 1 amide bonds. The largest absolute Gasteiger partial charge is 0.484 e. The van der Waals surface area contributed by atoms with Crippen LogP contribution in [0.4, 0.5) is 0 Å². The molecule has 0 radical (unpaired) electrons. The van der Waals surface area contributed by atoms with Gasteiger partial charge in [-0.1, -0.05) is 65.3 Å². The number of fused-ring (bicyclic) bond motifs is 2. The number of thioether (sulfide) groups is 1. The first-order valence-electron chi connectivity index (χ1n) is 9.56. The molecule has 1 aromatic heterocycles. The van der Waals surface area contributed by atoms with Crippen molar-refractivity contribution in [2.45, 2.75) is 11.8 Å². The fourth-order valence-corrected chi connectivity index (χ4v) is 4.77. The maximum Gasteiger partial charge on any atom is 0.272 e. The highest BCUT2D eigenvalue weighted by Gasteiger charge is 2.28. The van der Waals surface area contributed by atoms with Crippen LogP contribution in [-0.4, -0.2) is 33.1 Å². The summed E-state index contributed by atoms with van der Waals surface area (Å²) in [5.74, 6) is 1.63. The second-order valence-electron chi connectivity index (χ2n) is 6.91. The van der Waals surface area contributed by atoms with Crippen LogP contribution >= 0.6 is 35.0 Å². The van der Waals surface area contributed by atoms with E-state index in [0.29, 0.717) is 38.9 Å². The van der Waals surface area contributed by atoms with Gasteiger partial charge in [-0.25, -0.2) is 9.69 Å². The quantitative estimate of drug-likeness (QED) is 0.410. The van der Waals surface area contributed by atoms with Gasteiger partial charge in [-0.2, -0.15) is 0 Å². The highest BCUT2D eigenvalue weighted by atomic mass is 35.5. The first-order chi connectivity index (χ1) is 15.1. The topological polar surface area (TPSA) is 60.3 Å². The van der Waals surface area contributed by atoms with Crippen molar-refractivity contribution >= 4 is 51.6 Å². The van der Waals surface area contributed by atoms with E-state index in [9.17, 15) is 4.79 Å². The molecule has 1 aliphatic heterocycles. The zero-order chi connectivity index (χ0) is 21.4. The van der Waals surface area contributed by atoms with E-state index in [4.69, 9.17) is 27.9 Å². The van der Waals surface area contributed by atoms with Crippen LogP contribution in [0.1, 0.15) is 16.2 Å². The summed E-state index contributed by atoms with van der Waals surface area (Å²) in [7, 11) is 0. The lowest BCUT2D eigenvalue weighted by molar-refractivity contribution is 0.0953. The minimum absolute atomic E-state index is 0.108. The lowest BCUT2D eigenvalue weighted by Crippen LogP contribution is -2.45. The van der Waals surface area contributed by atoms with Gasteiger partial charge < -0.3 is 4.74 Å². The van der Waals surface area contributed by atoms with Gasteiger partial charge >= 0.3 is 0 Å². The van der Waals surface area contributed by atoms with Crippen LogP contribution in [0.2, 0.25) is 10.0 Å². The van der Waals surface area contributed by atoms with Gasteiger partial charge in [0.15, 0.2) is 5.82 Å². The van der Waals surface area contributed by atoms with Gasteiger partial charge in [-0.05, 0) is 41.1 Å². The second kappa shape index (κ2) is 8.42. The summed E-state index contributed by atoms with van der Waals surface area (Å²) < 4.78 is 7.56. The Morgan fingerprint density at radius 1 is 1.03 bits per heavy atom. The predicted molar refractivity (Wildman–Crippen MR) is 123 cm³/mol. The molecule has 0 N–H and O–H groups in total. The van der Waals surface area contributed by atoms with E-state index in [1.807, 2.05) is 42.5 Å². The van der Waals surface area contributed by atoms with Gasteiger partial charge in [-0.3, -0.25) is 4.79 Å². The summed E-state index contributed by atoms with van der Waals surface area (Å²) in [4.78, 5) is 13.4. The first kappa shape index (κ1) is 20.2. The molecule has 0 bridgehead atoms. The molecule has 2 heterocycles. The summed E-state index contributed by atoms with van der Waals surface area (Å²) in [6, 6.07) is 18.7. The number of carbonyl (C=O) groups excluding carboxylic acids is 1. The first-order valence-corrected chi connectivity index (χ1v) is 11.3. The molecule has 4 aromatic rings. The Labute approximate surface area is 192 Å². The van der Waals surface area contributed by atoms with Gasteiger partial charge in [0.25, 0.3) is 5.91 Å². The summed E-state index contributed by atoms with van der Waals surface area (Å²) in [5.41, 5.74) is 0.609. The number of benzene rings is 3. The van der Waals surface area contributed by atoms with Gasteiger partial charge in [0.1, 0.15) is 12.4 Å². The lowest BCUT2D eigenvalue weighted by atomic mass is 10.1. The molecule has 3 aromatic carbocycles. The Bertz CT molecular complexity index is 1290. The molecular formula is C22H16Cl2N4O2S. The van der Waals surface area contributed by atoms with E-state index in [1.165, 1.54) is 0 Å². The number of hydrogen-bond donors (Lipinski definition) is 0. The van der Waals surface area contributed by atoms with Crippen LogP contribution < -0.4 is 9.75 Å². The van der Waals surface area contributed by atoms with Crippen molar-refractivity contribution in [3.05, 3.63) is 82.1 Å². The molecule has 9 heteroatoms. The molecule has 31 heavy (non-hydrogen) atoms. The van der Waals surface area contributed by atoms with E-state index >= 15 is 0 Å². The number of hydrogen-bond acceptors (Lipinski definition) is 5. The third-order valence-electron chi connectivity index (χ3n) is 4.93. The molecule has 0 aliphatic carbocycles. The normalized spacial score (nSPS) is 13.3. The maximum absolute atomic E-state index is 13.4. The summed E-state index contributed by atoms with van der Waals surface area (Å²) in [6.45, 7) is 0.645. The van der Waals surface area contributed by atoms with Crippen molar-refractivity contribution in [2.24, 2.45) is 0 Å². The van der Waals surface area contributed by atoms with Crippen molar-refractivity contribution in [1.29, 1.82) is 0 Å². The molecule has 6 nitrogen and oxygen atoms in total. The molecule has 156 valence electrons. The molecule has 5 rings (SSSR count). The number of rotatable bonds is 4. The van der Waals surface area contributed by atoms with Crippen molar-refractivity contribution < 1.29 is 9.53 Å². The Hall–Kier alpha value is -2.74.